The topological polar surface area (TPSA) is 294 Å². The van der Waals surface area contributed by atoms with Crippen molar-refractivity contribution >= 4 is 41.5 Å². The summed E-state index contributed by atoms with van der Waals surface area (Å²) in [5, 5.41) is 34.2. The largest absolute Gasteiger partial charge is 0.508 e. The summed E-state index contributed by atoms with van der Waals surface area (Å²) in [5.74, 6) is -7.68. The highest BCUT2D eigenvalue weighted by atomic mass is 16.4. The van der Waals surface area contributed by atoms with Crippen LogP contribution in [-0.2, 0) is 40.0 Å². The Hall–Kier alpha value is -4.73. The van der Waals surface area contributed by atoms with Crippen LogP contribution in [0.15, 0.2) is 24.3 Å². The summed E-state index contributed by atoms with van der Waals surface area (Å²) in [4.78, 5) is 83.3. The molecule has 1 aromatic carbocycles. The van der Waals surface area contributed by atoms with E-state index in [-0.39, 0.29) is 25.0 Å². The van der Waals surface area contributed by atoms with E-state index >= 15 is 0 Å². The quantitative estimate of drug-likeness (QED) is 0.0927. The molecule has 1 aromatic rings. The first-order valence-corrected chi connectivity index (χ1v) is 11.6. The summed E-state index contributed by atoms with van der Waals surface area (Å²) in [6.07, 6.45) is -2.53. The third-order valence-electron chi connectivity index (χ3n) is 5.34. The van der Waals surface area contributed by atoms with E-state index in [2.05, 4.69) is 16.0 Å². The molecule has 0 aliphatic carbocycles. The first-order valence-electron chi connectivity index (χ1n) is 11.6. The summed E-state index contributed by atoms with van der Waals surface area (Å²) in [5.41, 5.74) is 16.7. The molecule has 0 heterocycles. The molecule has 4 atom stereocenters. The van der Waals surface area contributed by atoms with Gasteiger partial charge in [-0.05, 0) is 37.0 Å². The average Bonchev–Trinajstić information content (AvgIpc) is 2.84. The van der Waals surface area contributed by atoms with E-state index in [0.717, 1.165) is 0 Å². The number of hydrogen-bond acceptors (Lipinski definition) is 9. The van der Waals surface area contributed by atoms with Crippen molar-refractivity contribution in [3.8, 4) is 5.75 Å². The minimum absolute atomic E-state index is 0.000926. The summed E-state index contributed by atoms with van der Waals surface area (Å²) in [7, 11) is 0. The zero-order valence-corrected chi connectivity index (χ0v) is 20.8. The maximum Gasteiger partial charge on any atom is 0.326 e. The number of benzene rings is 1. The number of nitrogens with one attached hydrogen (secondary N) is 3. The van der Waals surface area contributed by atoms with Crippen molar-refractivity contribution in [3.05, 3.63) is 29.8 Å². The highest BCUT2D eigenvalue weighted by Gasteiger charge is 2.31. The van der Waals surface area contributed by atoms with E-state index in [0.29, 0.717) is 5.56 Å². The molecule has 0 aliphatic rings. The third-order valence-corrected chi connectivity index (χ3v) is 5.34. The number of primary amides is 2. The molecular formula is C23H32N6O10. The minimum atomic E-state index is -1.61. The van der Waals surface area contributed by atoms with Crippen LogP contribution in [0.25, 0.3) is 0 Å². The van der Waals surface area contributed by atoms with Crippen LogP contribution in [0, 0.1) is 0 Å². The predicted molar refractivity (Wildman–Crippen MR) is 132 cm³/mol. The van der Waals surface area contributed by atoms with Gasteiger partial charge in [-0.3, -0.25) is 28.8 Å². The number of amides is 5. The lowest BCUT2D eigenvalue weighted by Crippen LogP contribution is -2.58. The van der Waals surface area contributed by atoms with Crippen LogP contribution in [0.5, 0.6) is 5.75 Å². The van der Waals surface area contributed by atoms with Crippen molar-refractivity contribution in [2.24, 2.45) is 17.2 Å². The van der Waals surface area contributed by atoms with E-state index in [4.69, 9.17) is 22.3 Å². The van der Waals surface area contributed by atoms with E-state index in [1.807, 2.05) is 0 Å². The molecule has 12 N–H and O–H groups in total. The van der Waals surface area contributed by atoms with Crippen molar-refractivity contribution < 1.29 is 48.9 Å². The van der Waals surface area contributed by atoms with Crippen molar-refractivity contribution in [2.75, 3.05) is 0 Å². The number of carboxylic acid groups (broad SMARTS) is 2. The Morgan fingerprint density at radius 1 is 0.718 bits per heavy atom. The summed E-state index contributed by atoms with van der Waals surface area (Å²) in [6.45, 7) is 0. The Morgan fingerprint density at radius 2 is 1.23 bits per heavy atom. The molecule has 39 heavy (non-hydrogen) atoms. The Bertz CT molecular complexity index is 1080. The zero-order chi connectivity index (χ0) is 29.7. The molecule has 0 saturated carbocycles. The van der Waals surface area contributed by atoms with Crippen LogP contribution in [0.4, 0.5) is 0 Å². The zero-order valence-electron chi connectivity index (χ0n) is 20.8. The lowest BCUT2D eigenvalue weighted by Gasteiger charge is -2.24. The van der Waals surface area contributed by atoms with E-state index in [9.17, 15) is 43.8 Å². The molecule has 16 heteroatoms. The fourth-order valence-corrected chi connectivity index (χ4v) is 3.29. The number of carbonyl (C=O) groups excluding carboxylic acids is 5. The van der Waals surface area contributed by atoms with Crippen LogP contribution in [0.2, 0.25) is 0 Å². The molecule has 0 radical (unpaired) electrons. The van der Waals surface area contributed by atoms with Crippen molar-refractivity contribution in [1.29, 1.82) is 0 Å². The number of rotatable bonds is 17. The molecule has 4 unspecified atom stereocenters. The van der Waals surface area contributed by atoms with Gasteiger partial charge in [0, 0.05) is 12.8 Å². The Balaban J connectivity index is 3.01. The molecule has 1 rings (SSSR count). The Labute approximate surface area is 222 Å². The van der Waals surface area contributed by atoms with Crippen molar-refractivity contribution in [3.63, 3.8) is 0 Å². The van der Waals surface area contributed by atoms with Gasteiger partial charge in [0.05, 0.1) is 12.5 Å². The maximum absolute atomic E-state index is 12.9. The Kier molecular flexibility index (Phi) is 12.8. The normalized spacial score (nSPS) is 13.7. The van der Waals surface area contributed by atoms with Crippen LogP contribution in [-0.4, -0.2) is 81.0 Å². The molecule has 0 aliphatic heterocycles. The van der Waals surface area contributed by atoms with Gasteiger partial charge in [-0.15, -0.1) is 0 Å². The summed E-state index contributed by atoms with van der Waals surface area (Å²) in [6, 6.07) is -0.153. The monoisotopic (exact) mass is 552 g/mol. The van der Waals surface area contributed by atoms with Crippen LogP contribution in [0.3, 0.4) is 0 Å². The van der Waals surface area contributed by atoms with Gasteiger partial charge in [0.1, 0.15) is 23.9 Å². The molecule has 0 saturated heterocycles. The van der Waals surface area contributed by atoms with Crippen molar-refractivity contribution in [2.45, 2.75) is 62.7 Å². The van der Waals surface area contributed by atoms with Gasteiger partial charge < -0.3 is 48.5 Å². The van der Waals surface area contributed by atoms with Gasteiger partial charge >= 0.3 is 11.9 Å². The Morgan fingerprint density at radius 3 is 1.74 bits per heavy atom. The van der Waals surface area contributed by atoms with E-state index in [1.165, 1.54) is 24.3 Å². The second kappa shape index (κ2) is 15.5. The van der Waals surface area contributed by atoms with E-state index < -0.39 is 84.9 Å². The molecule has 5 amide bonds. The molecule has 0 spiro atoms. The van der Waals surface area contributed by atoms with Crippen LogP contribution < -0.4 is 33.2 Å². The number of nitrogens with two attached hydrogens (primary N) is 3. The summed E-state index contributed by atoms with van der Waals surface area (Å²) < 4.78 is 0. The maximum atomic E-state index is 12.9. The van der Waals surface area contributed by atoms with E-state index in [1.54, 1.807) is 0 Å². The van der Waals surface area contributed by atoms with Gasteiger partial charge in [-0.1, -0.05) is 12.1 Å². The number of carboxylic acids is 2. The van der Waals surface area contributed by atoms with Gasteiger partial charge in [-0.25, -0.2) is 4.79 Å². The van der Waals surface area contributed by atoms with Crippen LogP contribution >= 0.6 is 0 Å². The highest BCUT2D eigenvalue weighted by Crippen LogP contribution is 2.11. The second-order valence-electron chi connectivity index (χ2n) is 8.61. The van der Waals surface area contributed by atoms with Gasteiger partial charge in [0.25, 0.3) is 0 Å². The lowest BCUT2D eigenvalue weighted by molar-refractivity contribution is -0.143. The van der Waals surface area contributed by atoms with Crippen LogP contribution in [0.1, 0.15) is 37.7 Å². The number of phenolic OH excluding ortho intramolecular Hbond substituents is 1. The fraction of sp³-hybridized carbons (Fsp3) is 0.435. The second-order valence-corrected chi connectivity index (χ2v) is 8.61. The number of phenols is 1. The van der Waals surface area contributed by atoms with Crippen molar-refractivity contribution in [1.82, 2.24) is 16.0 Å². The average molecular weight is 553 g/mol. The lowest BCUT2D eigenvalue weighted by atomic mass is 10.0. The third kappa shape index (κ3) is 12.4. The number of carbonyl (C=O) groups is 7. The fourth-order valence-electron chi connectivity index (χ4n) is 3.29. The number of hydrogen-bond donors (Lipinski definition) is 9. The standard InChI is InChI=1S/C23H32N6O10/c24-13(9-11-1-3-12(30)4-2-11)20(35)29-16(10-18(26)32)22(37)27-14(6-8-19(33)34)21(36)28-15(23(38)39)5-7-17(25)31/h1-4,13-16,30H,5-10,24H2,(H2,25,31)(H2,26,32)(H,27,37)(H,28,36)(H,29,35)(H,33,34)(H,38,39). The SMILES string of the molecule is NC(=O)CCC(NC(=O)C(CCC(=O)O)NC(=O)C(CC(N)=O)NC(=O)C(N)Cc1ccc(O)cc1)C(=O)O. The van der Waals surface area contributed by atoms with Gasteiger partial charge in [-0.2, -0.15) is 0 Å². The first kappa shape index (κ1) is 32.3. The highest BCUT2D eigenvalue weighted by molar-refractivity contribution is 5.96. The molecule has 16 nitrogen and oxygen atoms in total. The molecule has 0 aromatic heterocycles. The number of aromatic hydroxyl groups is 1. The van der Waals surface area contributed by atoms with Gasteiger partial charge in [0.15, 0.2) is 0 Å². The smallest absolute Gasteiger partial charge is 0.326 e. The van der Waals surface area contributed by atoms with Gasteiger partial charge in [0.2, 0.25) is 29.5 Å². The molecule has 214 valence electrons. The molecule has 0 bridgehead atoms. The molecule has 0 fully saturated rings. The number of aliphatic carboxylic acids is 2. The summed E-state index contributed by atoms with van der Waals surface area (Å²) >= 11 is 0. The minimum Gasteiger partial charge on any atom is -0.508 e. The first-order chi connectivity index (χ1) is 18.2. The predicted octanol–water partition coefficient (Wildman–Crippen LogP) is -3.19. The molecular weight excluding hydrogens is 520 g/mol.